The molecular weight excluding hydrogens is 468 g/mol. The maximum absolute atomic E-state index is 15.0. The van der Waals surface area contributed by atoms with Gasteiger partial charge in [0.25, 0.3) is 0 Å². The Labute approximate surface area is 209 Å². The Bertz CT molecular complexity index is 1210. The fraction of sp³-hybridized carbons (Fsp3) is 0.333. The molecule has 0 aliphatic heterocycles. The largest absolute Gasteiger partial charge is 0.491 e. The molecule has 0 unspecified atom stereocenters. The molecule has 4 rings (SSSR count). The van der Waals surface area contributed by atoms with Gasteiger partial charge in [0.05, 0.1) is 6.61 Å². The smallest absolute Gasteiger partial charge is 0.201 e. The average molecular weight is 499 g/mol. The van der Waals surface area contributed by atoms with Gasteiger partial charge in [0.15, 0.2) is 23.2 Å². The summed E-state index contributed by atoms with van der Waals surface area (Å²) in [6.07, 6.45) is 7.88. The van der Waals surface area contributed by atoms with Gasteiger partial charge in [-0.25, -0.2) is 13.2 Å². The Hall–Kier alpha value is -3.28. The maximum Gasteiger partial charge on any atom is 0.201 e. The molecule has 0 amide bonds. The molecule has 2 nitrogen and oxygen atoms in total. The molecule has 0 spiro atoms. The summed E-state index contributed by atoms with van der Waals surface area (Å²) in [5, 5.41) is 0. The molecule has 1 fully saturated rings. The maximum atomic E-state index is 15.0. The van der Waals surface area contributed by atoms with Crippen LogP contribution in [0.5, 0.6) is 11.5 Å². The molecular formula is C30H30F4O2. The van der Waals surface area contributed by atoms with Crippen molar-refractivity contribution < 1.29 is 27.0 Å². The van der Waals surface area contributed by atoms with E-state index < -0.39 is 23.3 Å². The molecule has 0 aromatic heterocycles. The third kappa shape index (κ3) is 5.58. The zero-order valence-electron chi connectivity index (χ0n) is 20.5. The molecule has 3 aromatic carbocycles. The summed E-state index contributed by atoms with van der Waals surface area (Å²) >= 11 is 0. The summed E-state index contributed by atoms with van der Waals surface area (Å²) < 4.78 is 69.0. The van der Waals surface area contributed by atoms with Crippen LogP contribution in [-0.4, -0.2) is 6.61 Å². The first kappa shape index (κ1) is 25.8. The highest BCUT2D eigenvalue weighted by molar-refractivity contribution is 5.65. The van der Waals surface area contributed by atoms with E-state index in [4.69, 9.17) is 9.47 Å². The van der Waals surface area contributed by atoms with Crippen LogP contribution in [0, 0.1) is 29.2 Å². The molecule has 0 saturated heterocycles. The topological polar surface area (TPSA) is 18.5 Å². The van der Waals surface area contributed by atoms with Gasteiger partial charge in [-0.15, -0.1) is 0 Å². The van der Waals surface area contributed by atoms with Crippen molar-refractivity contribution in [3.63, 3.8) is 0 Å². The molecule has 0 atom stereocenters. The zero-order valence-corrected chi connectivity index (χ0v) is 20.5. The van der Waals surface area contributed by atoms with E-state index in [0.29, 0.717) is 22.8 Å². The normalized spacial score (nSPS) is 17.9. The first-order valence-corrected chi connectivity index (χ1v) is 12.4. The number of hydrogen-bond acceptors (Lipinski definition) is 2. The first-order chi connectivity index (χ1) is 17.4. The summed E-state index contributed by atoms with van der Waals surface area (Å²) in [7, 11) is 0. The second-order valence-corrected chi connectivity index (χ2v) is 9.06. The first-order valence-electron chi connectivity index (χ1n) is 12.4. The molecule has 1 aliphatic carbocycles. The lowest BCUT2D eigenvalue weighted by atomic mass is 9.78. The zero-order chi connectivity index (χ0) is 25.7. The van der Waals surface area contributed by atoms with Gasteiger partial charge in [0, 0.05) is 11.1 Å². The van der Waals surface area contributed by atoms with Gasteiger partial charge in [-0.1, -0.05) is 36.4 Å². The Morgan fingerprint density at radius 2 is 1.50 bits per heavy atom. The van der Waals surface area contributed by atoms with Crippen LogP contribution in [0.4, 0.5) is 17.6 Å². The van der Waals surface area contributed by atoms with Gasteiger partial charge in [-0.3, -0.25) is 0 Å². The van der Waals surface area contributed by atoms with Crippen LogP contribution >= 0.6 is 0 Å². The van der Waals surface area contributed by atoms with Crippen molar-refractivity contribution in [1.29, 1.82) is 0 Å². The van der Waals surface area contributed by atoms with Crippen molar-refractivity contribution in [2.24, 2.45) is 5.92 Å². The predicted octanol–water partition coefficient (Wildman–Crippen LogP) is 8.74. The number of hydrogen-bond donors (Lipinski definition) is 0. The Morgan fingerprint density at radius 1 is 0.778 bits per heavy atom. The highest BCUT2D eigenvalue weighted by Crippen LogP contribution is 2.39. The number of ether oxygens (including phenoxy) is 2. The van der Waals surface area contributed by atoms with Crippen molar-refractivity contribution in [1.82, 2.24) is 0 Å². The van der Waals surface area contributed by atoms with E-state index >= 15 is 8.78 Å². The van der Waals surface area contributed by atoms with Crippen LogP contribution < -0.4 is 9.47 Å². The minimum absolute atomic E-state index is 0.0265. The van der Waals surface area contributed by atoms with E-state index in [-0.39, 0.29) is 36.0 Å². The highest BCUT2D eigenvalue weighted by atomic mass is 19.2. The van der Waals surface area contributed by atoms with E-state index in [1.165, 1.54) is 12.1 Å². The summed E-state index contributed by atoms with van der Waals surface area (Å²) in [5.41, 5.74) is 1.16. The molecule has 36 heavy (non-hydrogen) atoms. The van der Waals surface area contributed by atoms with Gasteiger partial charge in [0.1, 0.15) is 12.4 Å². The van der Waals surface area contributed by atoms with Crippen molar-refractivity contribution >= 4 is 0 Å². The lowest BCUT2D eigenvalue weighted by Gasteiger charge is -2.27. The summed E-state index contributed by atoms with van der Waals surface area (Å²) in [4.78, 5) is 0. The fourth-order valence-electron chi connectivity index (χ4n) is 4.84. The lowest BCUT2D eigenvalue weighted by molar-refractivity contribution is 0.289. The molecule has 190 valence electrons. The molecule has 0 bridgehead atoms. The highest BCUT2D eigenvalue weighted by Gasteiger charge is 2.25. The summed E-state index contributed by atoms with van der Waals surface area (Å²) in [5.74, 6) is -2.93. The predicted molar refractivity (Wildman–Crippen MR) is 133 cm³/mol. The second kappa shape index (κ2) is 11.6. The molecule has 0 N–H and O–H groups in total. The lowest BCUT2D eigenvalue weighted by Crippen LogP contribution is -2.13. The monoisotopic (exact) mass is 498 g/mol. The minimum atomic E-state index is -1.06. The summed E-state index contributed by atoms with van der Waals surface area (Å²) in [6.45, 7) is 3.72. The fourth-order valence-corrected chi connectivity index (χ4v) is 4.84. The van der Waals surface area contributed by atoms with Crippen LogP contribution in [-0.2, 0) is 6.61 Å². The van der Waals surface area contributed by atoms with Crippen LogP contribution in [0.3, 0.4) is 0 Å². The van der Waals surface area contributed by atoms with Gasteiger partial charge < -0.3 is 9.47 Å². The molecule has 3 aromatic rings. The number of halogens is 4. The van der Waals surface area contributed by atoms with Crippen LogP contribution in [0.15, 0.2) is 60.7 Å². The van der Waals surface area contributed by atoms with Gasteiger partial charge in [-0.05, 0) is 86.8 Å². The molecule has 0 radical (unpaired) electrons. The SMILES string of the molecule is CC=CC1CCC(c2ccc(-c3ccc(OCc4ccc(OCC)c(F)c4F)cc3)c(F)c2F)CC1. The van der Waals surface area contributed by atoms with E-state index in [1.807, 2.05) is 6.92 Å². The molecule has 0 heterocycles. The molecule has 1 saturated carbocycles. The number of allylic oxidation sites excluding steroid dienone is 2. The molecule has 1 aliphatic rings. The number of benzene rings is 3. The Kier molecular flexibility index (Phi) is 8.34. The van der Waals surface area contributed by atoms with Gasteiger partial charge in [-0.2, -0.15) is 4.39 Å². The van der Waals surface area contributed by atoms with E-state index in [0.717, 1.165) is 25.7 Å². The van der Waals surface area contributed by atoms with E-state index in [1.54, 1.807) is 43.3 Å². The standard InChI is InChI=1S/C30H30F4O2/c1-3-5-19-6-8-20(9-7-19)24-15-16-25(29(33)28(24)32)21-10-13-23(14-11-21)36-18-22-12-17-26(35-4-2)30(34)27(22)31/h3,5,10-17,19-20H,4,6-9,18H2,1-2H3. The van der Waals surface area contributed by atoms with Crippen LogP contribution in [0.1, 0.15) is 56.6 Å². The second-order valence-electron chi connectivity index (χ2n) is 9.06. The Balaban J connectivity index is 1.44. The van der Waals surface area contributed by atoms with Crippen LogP contribution in [0.25, 0.3) is 11.1 Å². The third-order valence-electron chi connectivity index (χ3n) is 6.77. The van der Waals surface area contributed by atoms with Gasteiger partial charge in [0.2, 0.25) is 5.82 Å². The quantitative estimate of drug-likeness (QED) is 0.228. The van der Waals surface area contributed by atoms with Crippen molar-refractivity contribution in [2.75, 3.05) is 6.61 Å². The molecule has 6 heteroatoms. The van der Waals surface area contributed by atoms with E-state index in [2.05, 4.69) is 12.2 Å². The van der Waals surface area contributed by atoms with Crippen molar-refractivity contribution in [3.05, 3.63) is 95.1 Å². The van der Waals surface area contributed by atoms with Crippen molar-refractivity contribution in [3.8, 4) is 22.6 Å². The average Bonchev–Trinajstić information content (AvgIpc) is 2.89. The minimum Gasteiger partial charge on any atom is -0.491 e. The number of rotatable bonds is 8. The third-order valence-corrected chi connectivity index (χ3v) is 6.77. The van der Waals surface area contributed by atoms with Crippen molar-refractivity contribution in [2.45, 2.75) is 52.1 Å². The Morgan fingerprint density at radius 3 is 2.17 bits per heavy atom. The van der Waals surface area contributed by atoms with E-state index in [9.17, 15) is 8.78 Å². The van der Waals surface area contributed by atoms with Gasteiger partial charge >= 0.3 is 0 Å². The van der Waals surface area contributed by atoms with Crippen LogP contribution in [0.2, 0.25) is 0 Å². The summed E-state index contributed by atoms with van der Waals surface area (Å²) in [6, 6.07) is 12.5.